The molecule has 0 aromatic carbocycles. The Hall–Kier alpha value is -0.610. The zero-order chi connectivity index (χ0) is 8.15. The van der Waals surface area contributed by atoms with E-state index in [1.807, 2.05) is 0 Å². The molecule has 0 bridgehead atoms. The highest BCUT2D eigenvalue weighted by molar-refractivity contribution is 5.80. The van der Waals surface area contributed by atoms with Crippen LogP contribution in [-0.4, -0.2) is 38.2 Å². The second kappa shape index (κ2) is 4.24. The van der Waals surface area contributed by atoms with Crippen molar-refractivity contribution >= 4 is 5.91 Å². The molecule has 0 unspecified atom stereocenters. The van der Waals surface area contributed by atoms with E-state index in [2.05, 4.69) is 10.2 Å². The van der Waals surface area contributed by atoms with Gasteiger partial charge in [0.2, 0.25) is 0 Å². The van der Waals surface area contributed by atoms with Gasteiger partial charge in [-0.15, -0.1) is 0 Å². The number of nitrogens with zero attached hydrogens (tertiary/aromatic N) is 1. The molecule has 0 saturated heterocycles. The predicted octanol–water partition coefficient (Wildman–Crippen LogP) is -0.386. The van der Waals surface area contributed by atoms with Gasteiger partial charge in [0.15, 0.2) is 0 Å². The van der Waals surface area contributed by atoms with Crippen molar-refractivity contribution in [3.05, 3.63) is 0 Å². The first kappa shape index (κ1) is 9.39. The minimum absolute atomic E-state index is 0.0787. The van der Waals surface area contributed by atoms with Gasteiger partial charge in [-0.1, -0.05) is 0 Å². The zero-order valence-electron chi connectivity index (χ0n) is 6.84. The number of amides is 1. The maximum absolute atomic E-state index is 11.0. The molecule has 0 radical (unpaired) electrons. The highest BCUT2D eigenvalue weighted by Crippen LogP contribution is 1.89. The number of nitrogens with one attached hydrogen (secondary N) is 1. The minimum atomic E-state index is -0.190. The summed E-state index contributed by atoms with van der Waals surface area (Å²) < 4.78 is 0. The number of likely N-dealkylation sites (N-methyl/N-ethyl adjacent to an activating group) is 2. The summed E-state index contributed by atoms with van der Waals surface area (Å²) in [7, 11) is 4.77. The fourth-order valence-corrected chi connectivity index (χ4v) is 0.486. The fourth-order valence-electron chi connectivity index (χ4n) is 0.486. The van der Waals surface area contributed by atoms with Gasteiger partial charge in [0.05, 0.1) is 13.2 Å². The number of carbonyl (C=O) groups is 1. The van der Waals surface area contributed by atoms with Crippen molar-refractivity contribution in [2.24, 2.45) is 0 Å². The van der Waals surface area contributed by atoms with Crippen molar-refractivity contribution in [2.75, 3.05) is 21.2 Å². The smallest absolute Gasteiger partial charge is 0.262 e. The summed E-state index contributed by atoms with van der Waals surface area (Å²) >= 11 is 0. The topological polar surface area (TPSA) is 41.6 Å². The van der Waals surface area contributed by atoms with E-state index < -0.39 is 0 Å². The van der Waals surface area contributed by atoms with Crippen LogP contribution in [0.4, 0.5) is 0 Å². The molecule has 1 atom stereocenters. The first-order chi connectivity index (χ1) is 4.63. The number of carbonyl (C=O) groups excluding carboxylic acids is 1. The Morgan fingerprint density at radius 2 is 2.20 bits per heavy atom. The summed E-state index contributed by atoms with van der Waals surface area (Å²) in [6.07, 6.45) is 0. The number of hydrogen-bond donors (Lipinski definition) is 1. The highest BCUT2D eigenvalue weighted by atomic mass is 16.7. The Bertz CT molecular complexity index is 104. The van der Waals surface area contributed by atoms with Gasteiger partial charge in [0.1, 0.15) is 0 Å². The SMILES string of the molecule is CN[C@H](C)C(=O)N(C)OC. The molecular formula is C6H14N2O2. The molecule has 1 amide bonds. The van der Waals surface area contributed by atoms with Crippen molar-refractivity contribution < 1.29 is 9.63 Å². The van der Waals surface area contributed by atoms with Crippen LogP contribution in [0.25, 0.3) is 0 Å². The summed E-state index contributed by atoms with van der Waals surface area (Å²) in [5.74, 6) is -0.0787. The van der Waals surface area contributed by atoms with E-state index in [0.717, 1.165) is 0 Å². The lowest BCUT2D eigenvalue weighted by Crippen LogP contribution is -2.40. The van der Waals surface area contributed by atoms with E-state index in [1.54, 1.807) is 21.0 Å². The van der Waals surface area contributed by atoms with Crippen molar-refractivity contribution in [3.63, 3.8) is 0 Å². The van der Waals surface area contributed by atoms with E-state index in [0.29, 0.717) is 0 Å². The van der Waals surface area contributed by atoms with E-state index in [1.165, 1.54) is 12.2 Å². The third-order valence-corrected chi connectivity index (χ3v) is 1.39. The first-order valence-electron chi connectivity index (χ1n) is 3.12. The van der Waals surface area contributed by atoms with Crippen LogP contribution < -0.4 is 5.32 Å². The Kier molecular flexibility index (Phi) is 3.99. The lowest BCUT2D eigenvalue weighted by molar-refractivity contribution is -0.170. The van der Waals surface area contributed by atoms with Crippen molar-refractivity contribution in [3.8, 4) is 0 Å². The summed E-state index contributed by atoms with van der Waals surface area (Å²) in [6.45, 7) is 1.78. The summed E-state index contributed by atoms with van der Waals surface area (Å²) in [6, 6.07) is -0.190. The molecule has 0 aromatic rings. The fraction of sp³-hybridized carbons (Fsp3) is 0.833. The predicted molar refractivity (Wildman–Crippen MR) is 38.3 cm³/mol. The zero-order valence-corrected chi connectivity index (χ0v) is 6.84. The van der Waals surface area contributed by atoms with Gasteiger partial charge in [0.25, 0.3) is 5.91 Å². The van der Waals surface area contributed by atoms with Crippen LogP contribution >= 0.6 is 0 Å². The lowest BCUT2D eigenvalue weighted by atomic mass is 10.3. The largest absolute Gasteiger partial charge is 0.309 e. The van der Waals surface area contributed by atoms with Gasteiger partial charge in [-0.3, -0.25) is 9.63 Å². The average molecular weight is 146 g/mol. The Morgan fingerprint density at radius 1 is 1.70 bits per heavy atom. The van der Waals surface area contributed by atoms with E-state index in [4.69, 9.17) is 0 Å². The van der Waals surface area contributed by atoms with Crippen molar-refractivity contribution in [1.29, 1.82) is 0 Å². The van der Waals surface area contributed by atoms with E-state index >= 15 is 0 Å². The monoisotopic (exact) mass is 146 g/mol. The normalized spacial score (nSPS) is 12.8. The van der Waals surface area contributed by atoms with E-state index in [9.17, 15) is 4.79 Å². The van der Waals surface area contributed by atoms with Crippen LogP contribution in [0.15, 0.2) is 0 Å². The molecule has 0 aliphatic heterocycles. The third kappa shape index (κ3) is 2.33. The third-order valence-electron chi connectivity index (χ3n) is 1.39. The van der Waals surface area contributed by atoms with E-state index in [-0.39, 0.29) is 11.9 Å². The minimum Gasteiger partial charge on any atom is -0.309 e. The number of rotatable bonds is 3. The Balaban J connectivity index is 3.82. The Morgan fingerprint density at radius 3 is 2.50 bits per heavy atom. The van der Waals surface area contributed by atoms with Crippen LogP contribution in [0.2, 0.25) is 0 Å². The van der Waals surface area contributed by atoms with Gasteiger partial charge in [-0.05, 0) is 14.0 Å². The quantitative estimate of drug-likeness (QED) is 0.551. The molecule has 0 fully saturated rings. The molecule has 1 N–H and O–H groups in total. The first-order valence-corrected chi connectivity index (χ1v) is 3.12. The molecule has 4 heteroatoms. The summed E-state index contributed by atoms with van der Waals surface area (Å²) in [5, 5.41) is 4.00. The molecule has 0 saturated carbocycles. The second-order valence-electron chi connectivity index (χ2n) is 2.03. The molecule has 0 aliphatic carbocycles. The van der Waals surface area contributed by atoms with Crippen LogP contribution in [0.3, 0.4) is 0 Å². The van der Waals surface area contributed by atoms with Crippen LogP contribution in [0.5, 0.6) is 0 Å². The van der Waals surface area contributed by atoms with Crippen molar-refractivity contribution in [1.82, 2.24) is 10.4 Å². The van der Waals surface area contributed by atoms with Gasteiger partial charge < -0.3 is 5.32 Å². The Labute approximate surface area is 61.1 Å². The second-order valence-corrected chi connectivity index (χ2v) is 2.03. The average Bonchev–Trinajstić information content (AvgIpc) is 2.00. The van der Waals surface area contributed by atoms with Crippen LogP contribution in [-0.2, 0) is 9.63 Å². The van der Waals surface area contributed by atoms with Gasteiger partial charge in [-0.2, -0.15) is 0 Å². The molecule has 4 nitrogen and oxygen atoms in total. The van der Waals surface area contributed by atoms with Gasteiger partial charge in [0, 0.05) is 7.05 Å². The molecular weight excluding hydrogens is 132 g/mol. The molecule has 60 valence electrons. The standard InChI is InChI=1S/C6H14N2O2/c1-5(7-2)6(9)8(3)10-4/h5,7H,1-4H3/t5-/m1/s1. The van der Waals surface area contributed by atoms with Gasteiger partial charge >= 0.3 is 0 Å². The van der Waals surface area contributed by atoms with Crippen LogP contribution in [0.1, 0.15) is 6.92 Å². The maximum atomic E-state index is 11.0. The molecule has 0 heterocycles. The molecule has 10 heavy (non-hydrogen) atoms. The van der Waals surface area contributed by atoms with Gasteiger partial charge in [-0.25, -0.2) is 5.06 Å². The lowest BCUT2D eigenvalue weighted by Gasteiger charge is -2.17. The summed E-state index contributed by atoms with van der Waals surface area (Å²) in [5.41, 5.74) is 0. The molecule has 0 aliphatic rings. The summed E-state index contributed by atoms with van der Waals surface area (Å²) in [4.78, 5) is 15.7. The molecule has 0 aromatic heterocycles. The number of hydrogen-bond acceptors (Lipinski definition) is 3. The number of hydroxylamine groups is 2. The molecule has 0 rings (SSSR count). The highest BCUT2D eigenvalue weighted by Gasteiger charge is 2.14. The molecule has 0 spiro atoms. The van der Waals surface area contributed by atoms with Crippen molar-refractivity contribution in [2.45, 2.75) is 13.0 Å². The van der Waals surface area contributed by atoms with Crippen LogP contribution in [0, 0.1) is 0 Å². The maximum Gasteiger partial charge on any atom is 0.262 e.